The van der Waals surface area contributed by atoms with Gasteiger partial charge in [-0.25, -0.2) is 0 Å². The minimum atomic E-state index is -0.117. The molecular formula is C26H28N4O2S. The van der Waals surface area contributed by atoms with Gasteiger partial charge in [0.25, 0.3) is 5.91 Å². The predicted octanol–water partition coefficient (Wildman–Crippen LogP) is 4.75. The highest BCUT2D eigenvalue weighted by atomic mass is 32.2. The van der Waals surface area contributed by atoms with Crippen molar-refractivity contribution in [1.82, 2.24) is 15.1 Å². The lowest BCUT2D eigenvalue weighted by Gasteiger charge is -2.25. The molecule has 1 aliphatic heterocycles. The Morgan fingerprint density at radius 2 is 1.91 bits per heavy atom. The number of amides is 2. The molecule has 0 spiro atoms. The molecule has 6 nitrogen and oxygen atoms in total. The summed E-state index contributed by atoms with van der Waals surface area (Å²) in [6.07, 6.45) is 8.03. The number of nitrogens with one attached hydrogen (secondary N) is 1. The molecule has 0 bridgehead atoms. The smallest absolute Gasteiger partial charge is 0.251 e. The molecular weight excluding hydrogens is 432 g/mol. The van der Waals surface area contributed by atoms with Crippen molar-refractivity contribution < 1.29 is 9.59 Å². The van der Waals surface area contributed by atoms with Crippen molar-refractivity contribution in [2.75, 3.05) is 17.2 Å². The Morgan fingerprint density at radius 3 is 2.73 bits per heavy atom. The number of nitrogens with zero attached hydrogens (tertiary/aromatic N) is 3. The average molecular weight is 461 g/mol. The topological polar surface area (TPSA) is 67.2 Å². The van der Waals surface area contributed by atoms with Crippen LogP contribution in [-0.2, 0) is 11.3 Å². The van der Waals surface area contributed by atoms with Gasteiger partial charge in [-0.15, -0.1) is 11.8 Å². The highest BCUT2D eigenvalue weighted by Crippen LogP contribution is 2.45. The standard InChI is InChI=1S/C26H28N4O2S/c31-24-18-33-26(30(24)23-9-4-6-20(17-23)19-10-11-19)22-8-3-7-21(16-22)25(32)27-12-1-2-14-29-15-5-13-28-29/h3-9,13,15-17,19,26H,1-2,10-12,14,18H2,(H,27,32). The van der Waals surface area contributed by atoms with Crippen molar-refractivity contribution in [3.05, 3.63) is 83.7 Å². The molecule has 2 fully saturated rings. The first kappa shape index (κ1) is 21.8. The molecule has 7 heteroatoms. The summed E-state index contributed by atoms with van der Waals surface area (Å²) in [7, 11) is 0. The van der Waals surface area contributed by atoms with Gasteiger partial charge >= 0.3 is 0 Å². The van der Waals surface area contributed by atoms with Gasteiger partial charge in [-0.1, -0.05) is 24.3 Å². The summed E-state index contributed by atoms with van der Waals surface area (Å²) in [4.78, 5) is 27.4. The van der Waals surface area contributed by atoms with E-state index in [1.54, 1.807) is 18.0 Å². The third-order valence-electron chi connectivity index (χ3n) is 6.16. The molecule has 170 valence electrons. The van der Waals surface area contributed by atoms with E-state index >= 15 is 0 Å². The summed E-state index contributed by atoms with van der Waals surface area (Å²) in [5.74, 6) is 1.13. The molecule has 1 N–H and O–H groups in total. The van der Waals surface area contributed by atoms with Crippen molar-refractivity contribution in [1.29, 1.82) is 0 Å². The molecule has 0 radical (unpaired) electrons. The van der Waals surface area contributed by atoms with Crippen LogP contribution in [0.2, 0.25) is 0 Å². The van der Waals surface area contributed by atoms with Crippen molar-refractivity contribution in [3.8, 4) is 0 Å². The lowest BCUT2D eigenvalue weighted by molar-refractivity contribution is -0.115. The van der Waals surface area contributed by atoms with Crippen LogP contribution in [-0.4, -0.2) is 33.9 Å². The molecule has 2 aromatic carbocycles. The number of rotatable bonds is 9. The maximum absolute atomic E-state index is 12.8. The number of hydrogen-bond acceptors (Lipinski definition) is 4. The van der Waals surface area contributed by atoms with Crippen LogP contribution in [0.15, 0.2) is 67.0 Å². The molecule has 1 aromatic heterocycles. The van der Waals surface area contributed by atoms with Gasteiger partial charge in [0.2, 0.25) is 5.91 Å². The van der Waals surface area contributed by atoms with E-state index in [-0.39, 0.29) is 17.2 Å². The van der Waals surface area contributed by atoms with Gasteiger partial charge < -0.3 is 5.32 Å². The van der Waals surface area contributed by atoms with E-state index in [9.17, 15) is 9.59 Å². The van der Waals surface area contributed by atoms with Crippen molar-refractivity contribution in [3.63, 3.8) is 0 Å². The molecule has 3 aromatic rings. The number of unbranched alkanes of at least 4 members (excludes halogenated alkanes) is 1. The quantitative estimate of drug-likeness (QED) is 0.468. The predicted molar refractivity (Wildman–Crippen MR) is 131 cm³/mol. The van der Waals surface area contributed by atoms with Gasteiger partial charge in [-0.2, -0.15) is 5.10 Å². The molecule has 2 aliphatic rings. The van der Waals surface area contributed by atoms with Crippen LogP contribution < -0.4 is 10.2 Å². The minimum absolute atomic E-state index is 0.0763. The molecule has 33 heavy (non-hydrogen) atoms. The number of carbonyl (C=O) groups is 2. The van der Waals surface area contributed by atoms with Crippen molar-refractivity contribution in [2.24, 2.45) is 0 Å². The fourth-order valence-corrected chi connectivity index (χ4v) is 5.43. The fourth-order valence-electron chi connectivity index (χ4n) is 4.26. The molecule has 1 unspecified atom stereocenters. The van der Waals surface area contributed by atoms with E-state index in [2.05, 4.69) is 22.5 Å². The Bertz CT molecular complexity index is 1130. The van der Waals surface area contributed by atoms with Crippen LogP contribution in [0.4, 0.5) is 5.69 Å². The summed E-state index contributed by atoms with van der Waals surface area (Å²) in [6.45, 7) is 1.48. The Morgan fingerprint density at radius 1 is 1.06 bits per heavy atom. The molecule has 1 saturated carbocycles. The first-order valence-corrected chi connectivity index (χ1v) is 12.6. The first-order chi connectivity index (χ1) is 16.2. The number of hydrogen-bond donors (Lipinski definition) is 1. The van der Waals surface area contributed by atoms with E-state index in [0.29, 0.717) is 23.8 Å². The molecule has 2 heterocycles. The Balaban J connectivity index is 1.23. The molecule has 1 atom stereocenters. The SMILES string of the molecule is O=C(NCCCCn1cccn1)c1cccc(C2SCC(=O)N2c2cccc(C3CC3)c2)c1. The van der Waals surface area contributed by atoms with Crippen LogP contribution >= 0.6 is 11.8 Å². The lowest BCUT2D eigenvalue weighted by atomic mass is 10.1. The monoisotopic (exact) mass is 460 g/mol. The van der Waals surface area contributed by atoms with E-state index in [1.165, 1.54) is 18.4 Å². The highest BCUT2D eigenvalue weighted by Gasteiger charge is 2.35. The molecule has 1 saturated heterocycles. The first-order valence-electron chi connectivity index (χ1n) is 11.6. The normalized spacial score (nSPS) is 18.0. The third kappa shape index (κ3) is 5.14. The zero-order valence-corrected chi connectivity index (χ0v) is 19.3. The maximum atomic E-state index is 12.8. The maximum Gasteiger partial charge on any atom is 0.251 e. The van der Waals surface area contributed by atoms with Crippen LogP contribution in [0, 0.1) is 0 Å². The Labute approximate surface area is 198 Å². The number of benzene rings is 2. The van der Waals surface area contributed by atoms with Gasteiger partial charge in [-0.3, -0.25) is 19.2 Å². The van der Waals surface area contributed by atoms with E-state index < -0.39 is 0 Å². The molecule has 5 rings (SSSR count). The average Bonchev–Trinajstić information content (AvgIpc) is 3.43. The number of anilines is 1. The summed E-state index contributed by atoms with van der Waals surface area (Å²) in [6, 6.07) is 18.0. The molecule has 2 amide bonds. The van der Waals surface area contributed by atoms with Crippen LogP contribution in [0.1, 0.15) is 58.5 Å². The number of aromatic nitrogens is 2. The van der Waals surface area contributed by atoms with Gasteiger partial charge in [0.15, 0.2) is 0 Å². The number of carbonyl (C=O) groups excluding carboxylic acids is 2. The van der Waals surface area contributed by atoms with Crippen molar-refractivity contribution in [2.45, 2.75) is 43.5 Å². The van der Waals surface area contributed by atoms with E-state index in [4.69, 9.17) is 0 Å². The second-order valence-corrected chi connectivity index (χ2v) is 9.72. The van der Waals surface area contributed by atoms with Crippen LogP contribution in [0.3, 0.4) is 0 Å². The van der Waals surface area contributed by atoms with Gasteiger partial charge in [0, 0.05) is 36.7 Å². The fraction of sp³-hybridized carbons (Fsp3) is 0.346. The second-order valence-electron chi connectivity index (χ2n) is 8.65. The van der Waals surface area contributed by atoms with E-state index in [0.717, 1.165) is 30.6 Å². The van der Waals surface area contributed by atoms with E-state index in [1.807, 2.05) is 58.2 Å². The van der Waals surface area contributed by atoms with Gasteiger partial charge in [0.1, 0.15) is 5.37 Å². The molecule has 1 aliphatic carbocycles. The summed E-state index contributed by atoms with van der Waals surface area (Å²) < 4.78 is 1.90. The summed E-state index contributed by atoms with van der Waals surface area (Å²) in [5.41, 5.74) is 3.88. The van der Waals surface area contributed by atoms with Crippen LogP contribution in [0.25, 0.3) is 0 Å². The zero-order valence-electron chi connectivity index (χ0n) is 18.5. The van der Waals surface area contributed by atoms with Crippen LogP contribution in [0.5, 0.6) is 0 Å². The van der Waals surface area contributed by atoms with Gasteiger partial charge in [0.05, 0.1) is 5.75 Å². The number of aryl methyl sites for hydroxylation is 1. The number of thioether (sulfide) groups is 1. The lowest BCUT2D eigenvalue weighted by Crippen LogP contribution is -2.28. The summed E-state index contributed by atoms with van der Waals surface area (Å²) >= 11 is 1.62. The second kappa shape index (κ2) is 9.83. The summed E-state index contributed by atoms with van der Waals surface area (Å²) in [5, 5.41) is 7.10. The Hall–Kier alpha value is -3.06. The van der Waals surface area contributed by atoms with Gasteiger partial charge in [-0.05, 0) is 73.1 Å². The largest absolute Gasteiger partial charge is 0.352 e. The minimum Gasteiger partial charge on any atom is -0.352 e. The Kier molecular flexibility index (Phi) is 6.48. The van der Waals surface area contributed by atoms with Crippen molar-refractivity contribution >= 4 is 29.3 Å². The zero-order chi connectivity index (χ0) is 22.6. The highest BCUT2D eigenvalue weighted by molar-refractivity contribution is 8.00. The third-order valence-corrected chi connectivity index (χ3v) is 7.37.